The van der Waals surface area contributed by atoms with Crippen molar-refractivity contribution >= 4 is 71.6 Å². The van der Waals surface area contributed by atoms with E-state index >= 15 is 0 Å². The van der Waals surface area contributed by atoms with Gasteiger partial charge in [0.05, 0.1) is 22.1 Å². The topological polar surface area (TPSA) is 21.3 Å². The number of nitrogens with zero attached hydrogens (tertiary/aromatic N) is 2. The maximum absolute atomic E-state index is 6.57. The Kier molecular flexibility index (Phi) is 6.18. The SMILES string of the molecule is c1ccc(-c2cccc(N(c3ccc4c5ccccc5n(-c5ccccc5)c4c3)c3cccc4oc5cc6ccccc6cc5c34)c2)cc1. The van der Waals surface area contributed by atoms with Gasteiger partial charge in [0.2, 0.25) is 0 Å². The molecular weight excluding hydrogens is 597 g/mol. The first-order valence-electron chi connectivity index (χ1n) is 16.7. The van der Waals surface area contributed by atoms with Gasteiger partial charge < -0.3 is 13.9 Å². The average molecular weight is 627 g/mol. The molecule has 0 unspecified atom stereocenters. The van der Waals surface area contributed by atoms with Crippen LogP contribution in [0.3, 0.4) is 0 Å². The summed E-state index contributed by atoms with van der Waals surface area (Å²) in [5.74, 6) is 0. The van der Waals surface area contributed by atoms with Gasteiger partial charge in [-0.05, 0) is 88.6 Å². The second-order valence-corrected chi connectivity index (χ2v) is 12.6. The van der Waals surface area contributed by atoms with E-state index in [9.17, 15) is 0 Å². The van der Waals surface area contributed by atoms with Crippen LogP contribution in [-0.4, -0.2) is 4.57 Å². The van der Waals surface area contributed by atoms with Crippen LogP contribution in [-0.2, 0) is 0 Å². The molecule has 0 saturated heterocycles. The molecule has 3 nitrogen and oxygen atoms in total. The van der Waals surface area contributed by atoms with Crippen molar-refractivity contribution in [2.75, 3.05) is 4.90 Å². The second kappa shape index (κ2) is 11.0. The third kappa shape index (κ3) is 4.44. The van der Waals surface area contributed by atoms with E-state index in [-0.39, 0.29) is 0 Å². The van der Waals surface area contributed by atoms with Crippen molar-refractivity contribution < 1.29 is 4.42 Å². The first kappa shape index (κ1) is 27.5. The summed E-state index contributed by atoms with van der Waals surface area (Å²) in [6.45, 7) is 0. The highest BCUT2D eigenvalue weighted by atomic mass is 16.3. The zero-order chi connectivity index (χ0) is 32.3. The van der Waals surface area contributed by atoms with Gasteiger partial charge in [0, 0.05) is 33.2 Å². The third-order valence-electron chi connectivity index (χ3n) is 9.72. The van der Waals surface area contributed by atoms with E-state index in [1.54, 1.807) is 0 Å². The standard InChI is InChI=1S/C46H30N2O/c1-3-13-31(14-4-1)32-17-11-20-36(27-32)47(42-23-12-24-44-46(42)40-28-33-15-7-8-16-34(33)29-45(40)49-44)37-25-26-39-38-21-9-10-22-41(38)48(43(39)30-37)35-18-5-2-6-19-35/h1-30H. The number of para-hydroxylation sites is 2. The van der Waals surface area contributed by atoms with Crippen molar-refractivity contribution in [2.24, 2.45) is 0 Å². The fraction of sp³-hybridized carbons (Fsp3) is 0. The zero-order valence-corrected chi connectivity index (χ0v) is 26.6. The van der Waals surface area contributed by atoms with Crippen LogP contribution in [0, 0.1) is 0 Å². The smallest absolute Gasteiger partial charge is 0.137 e. The van der Waals surface area contributed by atoms with Crippen LogP contribution in [0.1, 0.15) is 0 Å². The Hall–Kier alpha value is -6.58. The molecule has 0 amide bonds. The molecule has 0 aliphatic heterocycles. The Labute approximate surface area is 283 Å². The lowest BCUT2D eigenvalue weighted by Gasteiger charge is -2.27. The number of benzene rings is 8. The summed E-state index contributed by atoms with van der Waals surface area (Å²) in [4.78, 5) is 2.39. The van der Waals surface area contributed by atoms with Gasteiger partial charge in [0.25, 0.3) is 0 Å². The fourth-order valence-corrected chi connectivity index (χ4v) is 7.51. The minimum atomic E-state index is 0.867. The Morgan fingerprint density at radius 3 is 1.94 bits per heavy atom. The molecule has 0 saturated carbocycles. The monoisotopic (exact) mass is 626 g/mol. The van der Waals surface area contributed by atoms with Crippen molar-refractivity contribution in [1.29, 1.82) is 0 Å². The highest BCUT2D eigenvalue weighted by Crippen LogP contribution is 2.45. The van der Waals surface area contributed by atoms with E-state index in [1.807, 2.05) is 0 Å². The first-order valence-corrected chi connectivity index (χ1v) is 16.7. The number of hydrogen-bond donors (Lipinski definition) is 0. The predicted molar refractivity (Wildman–Crippen MR) is 206 cm³/mol. The fourth-order valence-electron chi connectivity index (χ4n) is 7.51. The summed E-state index contributed by atoms with van der Waals surface area (Å²) < 4.78 is 8.95. The molecule has 0 N–H and O–H groups in total. The van der Waals surface area contributed by atoms with Crippen LogP contribution >= 0.6 is 0 Å². The number of aromatic nitrogens is 1. The van der Waals surface area contributed by atoms with Gasteiger partial charge in [-0.3, -0.25) is 0 Å². The molecule has 0 atom stereocenters. The Balaban J connectivity index is 1.28. The van der Waals surface area contributed by atoms with Gasteiger partial charge in [-0.2, -0.15) is 0 Å². The molecule has 0 spiro atoms. The highest BCUT2D eigenvalue weighted by Gasteiger charge is 2.22. The molecule has 3 heteroatoms. The maximum Gasteiger partial charge on any atom is 0.137 e. The van der Waals surface area contributed by atoms with Crippen LogP contribution in [0.4, 0.5) is 17.1 Å². The van der Waals surface area contributed by atoms with Gasteiger partial charge in [0.15, 0.2) is 0 Å². The molecule has 0 aliphatic rings. The summed E-state index contributed by atoms with van der Waals surface area (Å²) in [6, 6.07) is 65.0. The van der Waals surface area contributed by atoms with E-state index in [0.29, 0.717) is 0 Å². The molecule has 0 bridgehead atoms. The minimum Gasteiger partial charge on any atom is -0.456 e. The van der Waals surface area contributed by atoms with Gasteiger partial charge in [-0.15, -0.1) is 0 Å². The molecule has 230 valence electrons. The van der Waals surface area contributed by atoms with Crippen molar-refractivity contribution in [2.45, 2.75) is 0 Å². The summed E-state index contributed by atoms with van der Waals surface area (Å²) in [5, 5.41) is 7.02. The van der Waals surface area contributed by atoms with Crippen LogP contribution in [0.15, 0.2) is 186 Å². The molecule has 2 heterocycles. The molecule has 0 radical (unpaired) electrons. The number of furan rings is 1. The normalized spacial score (nSPS) is 11.7. The van der Waals surface area contributed by atoms with Gasteiger partial charge in [0.1, 0.15) is 11.2 Å². The van der Waals surface area contributed by atoms with Crippen molar-refractivity contribution in [3.63, 3.8) is 0 Å². The molecular formula is C46H30N2O. The van der Waals surface area contributed by atoms with Crippen molar-refractivity contribution in [3.05, 3.63) is 182 Å². The highest BCUT2D eigenvalue weighted by molar-refractivity contribution is 6.17. The zero-order valence-electron chi connectivity index (χ0n) is 26.6. The lowest BCUT2D eigenvalue weighted by atomic mass is 10.0. The van der Waals surface area contributed by atoms with Crippen LogP contribution in [0.25, 0.3) is 71.3 Å². The summed E-state index contributed by atoms with van der Waals surface area (Å²) in [5.41, 5.74) is 10.8. The van der Waals surface area contributed by atoms with E-state index in [4.69, 9.17) is 4.42 Å². The van der Waals surface area contributed by atoms with Gasteiger partial charge in [-0.1, -0.05) is 115 Å². The maximum atomic E-state index is 6.57. The van der Waals surface area contributed by atoms with Gasteiger partial charge in [-0.25, -0.2) is 0 Å². The lowest BCUT2D eigenvalue weighted by Crippen LogP contribution is -2.10. The van der Waals surface area contributed by atoms with Gasteiger partial charge >= 0.3 is 0 Å². The largest absolute Gasteiger partial charge is 0.456 e. The molecule has 2 aromatic heterocycles. The Morgan fingerprint density at radius 2 is 1.08 bits per heavy atom. The Morgan fingerprint density at radius 1 is 0.408 bits per heavy atom. The second-order valence-electron chi connectivity index (χ2n) is 12.6. The Bertz CT molecular complexity index is 2830. The minimum absolute atomic E-state index is 0.867. The number of anilines is 3. The third-order valence-corrected chi connectivity index (χ3v) is 9.72. The number of fused-ring (bicyclic) bond motifs is 7. The summed E-state index contributed by atoms with van der Waals surface area (Å²) in [7, 11) is 0. The predicted octanol–water partition coefficient (Wildman–Crippen LogP) is 13.0. The van der Waals surface area contributed by atoms with E-state index < -0.39 is 0 Å². The van der Waals surface area contributed by atoms with Crippen LogP contribution in [0.5, 0.6) is 0 Å². The van der Waals surface area contributed by atoms with Crippen LogP contribution < -0.4 is 4.90 Å². The summed E-state index contributed by atoms with van der Waals surface area (Å²) >= 11 is 0. The molecule has 8 aromatic carbocycles. The molecule has 0 aliphatic carbocycles. The molecule has 49 heavy (non-hydrogen) atoms. The number of rotatable bonds is 5. The molecule has 10 rings (SSSR count). The van der Waals surface area contributed by atoms with E-state index in [1.165, 1.54) is 32.6 Å². The first-order chi connectivity index (χ1) is 24.3. The average Bonchev–Trinajstić information content (AvgIpc) is 3.70. The lowest BCUT2D eigenvalue weighted by molar-refractivity contribution is 0.669. The molecule has 10 aromatic rings. The van der Waals surface area contributed by atoms with E-state index in [2.05, 4.69) is 191 Å². The van der Waals surface area contributed by atoms with E-state index in [0.717, 1.165) is 55.8 Å². The van der Waals surface area contributed by atoms with Crippen LogP contribution in [0.2, 0.25) is 0 Å². The molecule has 0 fully saturated rings. The summed E-state index contributed by atoms with van der Waals surface area (Å²) in [6.07, 6.45) is 0. The van der Waals surface area contributed by atoms with Crippen molar-refractivity contribution in [1.82, 2.24) is 4.57 Å². The van der Waals surface area contributed by atoms with Crippen molar-refractivity contribution in [3.8, 4) is 16.8 Å². The quantitative estimate of drug-likeness (QED) is 0.190. The number of hydrogen-bond acceptors (Lipinski definition) is 2.